The van der Waals surface area contributed by atoms with Gasteiger partial charge in [0.1, 0.15) is 5.82 Å². The fraction of sp³-hybridized carbons (Fsp3) is 0.174. The minimum Gasteiger partial charge on any atom is -0.348 e. The zero-order valence-electron chi connectivity index (χ0n) is 17.0. The fourth-order valence-electron chi connectivity index (χ4n) is 3.08. The van der Waals surface area contributed by atoms with Crippen LogP contribution in [0.3, 0.4) is 0 Å². The lowest BCUT2D eigenvalue weighted by Gasteiger charge is -2.22. The number of anilines is 1. The van der Waals surface area contributed by atoms with E-state index in [0.29, 0.717) is 22.4 Å². The molecule has 0 heterocycles. The third kappa shape index (κ3) is 4.68. The van der Waals surface area contributed by atoms with E-state index in [9.17, 15) is 17.6 Å². The molecular weight excluding hydrogens is 403 g/mol. The van der Waals surface area contributed by atoms with E-state index in [-0.39, 0.29) is 23.2 Å². The molecule has 0 saturated carbocycles. The number of amides is 1. The Bertz CT molecular complexity index is 1180. The van der Waals surface area contributed by atoms with Gasteiger partial charge in [0, 0.05) is 19.2 Å². The lowest BCUT2D eigenvalue weighted by molar-refractivity contribution is 0.0950. The van der Waals surface area contributed by atoms with E-state index in [1.54, 1.807) is 61.5 Å². The van der Waals surface area contributed by atoms with E-state index < -0.39 is 10.0 Å². The normalized spacial score (nSPS) is 11.2. The summed E-state index contributed by atoms with van der Waals surface area (Å²) in [6.45, 7) is 3.83. The molecule has 0 fully saturated rings. The average Bonchev–Trinajstić information content (AvgIpc) is 2.72. The fourth-order valence-corrected chi connectivity index (χ4v) is 4.34. The molecule has 1 amide bonds. The molecule has 0 atom stereocenters. The van der Waals surface area contributed by atoms with Gasteiger partial charge in [-0.05, 0) is 67.4 Å². The Morgan fingerprint density at radius 1 is 1.00 bits per heavy atom. The van der Waals surface area contributed by atoms with Crippen LogP contribution in [0.2, 0.25) is 0 Å². The second-order valence-corrected chi connectivity index (χ2v) is 9.07. The quantitative estimate of drug-likeness (QED) is 0.643. The highest BCUT2D eigenvalue weighted by atomic mass is 32.2. The zero-order chi connectivity index (χ0) is 21.9. The Labute approximate surface area is 176 Å². The van der Waals surface area contributed by atoms with Crippen molar-refractivity contribution in [3.8, 4) is 0 Å². The number of carbonyl (C=O) groups excluding carboxylic acids is 1. The number of halogens is 1. The van der Waals surface area contributed by atoms with Gasteiger partial charge in [0.05, 0.1) is 10.6 Å². The lowest BCUT2D eigenvalue weighted by atomic mass is 10.1. The van der Waals surface area contributed by atoms with Gasteiger partial charge in [-0.3, -0.25) is 9.10 Å². The van der Waals surface area contributed by atoms with Crippen molar-refractivity contribution in [2.45, 2.75) is 25.3 Å². The van der Waals surface area contributed by atoms with Gasteiger partial charge in [-0.2, -0.15) is 0 Å². The Morgan fingerprint density at radius 2 is 1.70 bits per heavy atom. The molecule has 0 saturated heterocycles. The molecular formula is C23H23FN2O3S. The molecule has 1 N–H and O–H groups in total. The van der Waals surface area contributed by atoms with E-state index in [0.717, 1.165) is 5.56 Å². The Morgan fingerprint density at radius 3 is 2.33 bits per heavy atom. The maximum atomic E-state index is 13.3. The molecule has 7 heteroatoms. The summed E-state index contributed by atoms with van der Waals surface area (Å²) in [6, 6.07) is 17.5. The van der Waals surface area contributed by atoms with E-state index in [1.807, 2.05) is 6.92 Å². The van der Waals surface area contributed by atoms with Crippen molar-refractivity contribution in [3.63, 3.8) is 0 Å². The van der Waals surface area contributed by atoms with E-state index in [2.05, 4.69) is 5.32 Å². The van der Waals surface area contributed by atoms with Crippen molar-refractivity contribution < 1.29 is 17.6 Å². The molecule has 3 aromatic rings. The zero-order valence-corrected chi connectivity index (χ0v) is 17.8. The van der Waals surface area contributed by atoms with Gasteiger partial charge in [-0.1, -0.05) is 29.8 Å². The molecule has 3 aromatic carbocycles. The maximum absolute atomic E-state index is 13.3. The Kier molecular flexibility index (Phi) is 6.22. The molecule has 0 spiro atoms. The third-order valence-corrected chi connectivity index (χ3v) is 6.61. The number of hydrogen-bond acceptors (Lipinski definition) is 3. The minimum absolute atomic E-state index is 0.194. The Balaban J connectivity index is 1.77. The largest absolute Gasteiger partial charge is 0.348 e. The van der Waals surface area contributed by atoms with E-state index in [1.165, 1.54) is 23.5 Å². The Hall–Kier alpha value is -3.19. The number of sulfonamides is 1. The molecule has 0 aliphatic rings. The summed E-state index contributed by atoms with van der Waals surface area (Å²) in [7, 11) is -2.23. The molecule has 3 rings (SSSR count). The summed E-state index contributed by atoms with van der Waals surface area (Å²) in [4.78, 5) is 12.7. The van der Waals surface area contributed by atoms with Gasteiger partial charge < -0.3 is 5.32 Å². The standard InChI is InChI=1S/C23H23FN2O3S/c1-16-7-10-21(11-8-16)30(28,29)26(3)22-12-9-19(13-17(22)2)23(27)25-15-18-5-4-6-20(24)14-18/h4-14H,15H2,1-3H3,(H,25,27). The number of benzene rings is 3. The van der Waals surface area contributed by atoms with Crippen molar-refractivity contribution in [2.75, 3.05) is 11.4 Å². The molecule has 0 aromatic heterocycles. The summed E-state index contributed by atoms with van der Waals surface area (Å²) in [5.74, 6) is -0.683. The molecule has 0 radical (unpaired) electrons. The first kappa shape index (κ1) is 21.5. The van der Waals surface area contributed by atoms with Crippen LogP contribution in [0.1, 0.15) is 27.0 Å². The summed E-state index contributed by atoms with van der Waals surface area (Å²) >= 11 is 0. The van der Waals surface area contributed by atoms with E-state index in [4.69, 9.17) is 0 Å². The lowest BCUT2D eigenvalue weighted by Crippen LogP contribution is -2.28. The maximum Gasteiger partial charge on any atom is 0.264 e. The first-order valence-corrected chi connectivity index (χ1v) is 10.8. The highest BCUT2D eigenvalue weighted by molar-refractivity contribution is 7.92. The van der Waals surface area contributed by atoms with Crippen molar-refractivity contribution in [2.24, 2.45) is 0 Å². The van der Waals surface area contributed by atoms with Crippen LogP contribution in [0.25, 0.3) is 0 Å². The van der Waals surface area contributed by atoms with Crippen LogP contribution in [-0.2, 0) is 16.6 Å². The van der Waals surface area contributed by atoms with Crippen molar-refractivity contribution in [1.82, 2.24) is 5.32 Å². The number of carbonyl (C=O) groups is 1. The predicted octanol–water partition coefficient (Wildman–Crippen LogP) is 4.20. The number of nitrogens with one attached hydrogen (secondary N) is 1. The first-order chi connectivity index (χ1) is 14.2. The van der Waals surface area contributed by atoms with E-state index >= 15 is 0 Å². The van der Waals surface area contributed by atoms with Gasteiger partial charge in [0.25, 0.3) is 15.9 Å². The monoisotopic (exact) mass is 426 g/mol. The van der Waals surface area contributed by atoms with Crippen LogP contribution >= 0.6 is 0 Å². The first-order valence-electron chi connectivity index (χ1n) is 9.37. The highest BCUT2D eigenvalue weighted by Gasteiger charge is 2.23. The predicted molar refractivity (Wildman–Crippen MR) is 116 cm³/mol. The summed E-state index contributed by atoms with van der Waals surface area (Å²) in [5.41, 5.74) is 3.15. The minimum atomic E-state index is -3.72. The number of hydrogen-bond donors (Lipinski definition) is 1. The van der Waals surface area contributed by atoms with Gasteiger partial charge >= 0.3 is 0 Å². The van der Waals surface area contributed by atoms with Crippen LogP contribution < -0.4 is 9.62 Å². The number of rotatable bonds is 6. The van der Waals surface area contributed by atoms with Crippen LogP contribution in [0.15, 0.2) is 71.6 Å². The second-order valence-electron chi connectivity index (χ2n) is 7.10. The van der Waals surface area contributed by atoms with Crippen LogP contribution in [0.4, 0.5) is 10.1 Å². The molecule has 5 nitrogen and oxygen atoms in total. The average molecular weight is 427 g/mol. The van der Waals surface area contributed by atoms with Crippen LogP contribution in [0, 0.1) is 19.7 Å². The summed E-state index contributed by atoms with van der Waals surface area (Å²) < 4.78 is 40.3. The molecule has 0 aliphatic carbocycles. The molecule has 30 heavy (non-hydrogen) atoms. The van der Waals surface area contributed by atoms with Crippen LogP contribution in [-0.4, -0.2) is 21.4 Å². The number of nitrogens with zero attached hydrogens (tertiary/aromatic N) is 1. The molecule has 0 unspecified atom stereocenters. The van der Waals surface area contributed by atoms with Gasteiger partial charge in [-0.25, -0.2) is 12.8 Å². The van der Waals surface area contributed by atoms with Crippen molar-refractivity contribution in [1.29, 1.82) is 0 Å². The smallest absolute Gasteiger partial charge is 0.264 e. The number of aryl methyl sites for hydroxylation is 2. The topological polar surface area (TPSA) is 66.5 Å². The second kappa shape index (κ2) is 8.67. The molecule has 0 bridgehead atoms. The molecule has 0 aliphatic heterocycles. The van der Waals surface area contributed by atoms with Crippen LogP contribution in [0.5, 0.6) is 0 Å². The SMILES string of the molecule is Cc1ccc(S(=O)(=O)N(C)c2ccc(C(=O)NCc3cccc(F)c3)cc2C)cc1. The summed E-state index contributed by atoms with van der Waals surface area (Å²) in [5, 5.41) is 2.74. The van der Waals surface area contributed by atoms with Gasteiger partial charge in [0.2, 0.25) is 0 Å². The van der Waals surface area contributed by atoms with Crippen molar-refractivity contribution >= 4 is 21.6 Å². The molecule has 156 valence electrons. The third-order valence-electron chi connectivity index (χ3n) is 4.82. The van der Waals surface area contributed by atoms with Crippen molar-refractivity contribution in [3.05, 3.63) is 94.8 Å². The summed E-state index contributed by atoms with van der Waals surface area (Å²) in [6.07, 6.45) is 0. The highest BCUT2D eigenvalue weighted by Crippen LogP contribution is 2.26. The van der Waals surface area contributed by atoms with Gasteiger partial charge in [0.15, 0.2) is 0 Å². The van der Waals surface area contributed by atoms with Gasteiger partial charge in [-0.15, -0.1) is 0 Å².